The lowest BCUT2D eigenvalue weighted by atomic mass is 9.98. The van der Waals surface area contributed by atoms with Crippen molar-refractivity contribution in [1.82, 2.24) is 4.90 Å². The fourth-order valence-corrected chi connectivity index (χ4v) is 3.09. The molecule has 2 unspecified atom stereocenters. The van der Waals surface area contributed by atoms with Crippen molar-refractivity contribution in [1.29, 1.82) is 0 Å². The normalized spacial score (nSPS) is 13.2. The van der Waals surface area contributed by atoms with Crippen LogP contribution in [0.1, 0.15) is 44.7 Å². The number of carbonyl (C=O) groups is 1. The third kappa shape index (κ3) is 5.87. The first-order chi connectivity index (χ1) is 12.4. The first-order valence-corrected chi connectivity index (χ1v) is 9.20. The Balaban J connectivity index is 2.17. The Bertz CT molecular complexity index is 714. The van der Waals surface area contributed by atoms with Crippen LogP contribution < -0.4 is 0 Å². The van der Waals surface area contributed by atoms with Gasteiger partial charge in [-0.05, 0) is 54.7 Å². The second-order valence-corrected chi connectivity index (χ2v) is 7.09. The summed E-state index contributed by atoms with van der Waals surface area (Å²) in [6.45, 7) is 6.88. The van der Waals surface area contributed by atoms with E-state index in [0.717, 1.165) is 18.4 Å². The van der Waals surface area contributed by atoms with Gasteiger partial charge in [0, 0.05) is 12.6 Å². The van der Waals surface area contributed by atoms with E-state index in [9.17, 15) is 14.3 Å². The van der Waals surface area contributed by atoms with Crippen molar-refractivity contribution in [3.8, 4) is 5.75 Å². The number of nitrogens with zero attached hydrogens (tertiary/aromatic N) is 1. The van der Waals surface area contributed by atoms with Gasteiger partial charge in [0.25, 0.3) is 0 Å². The second-order valence-electron chi connectivity index (χ2n) is 7.09. The summed E-state index contributed by atoms with van der Waals surface area (Å²) in [6, 6.07) is 13.2. The molecule has 0 aliphatic heterocycles. The van der Waals surface area contributed by atoms with Crippen molar-refractivity contribution in [3.05, 3.63) is 65.5 Å². The molecular weight excluding hydrogens is 329 g/mol. The first kappa shape index (κ1) is 20.0. The molecular formula is C22H28FNO2. The Morgan fingerprint density at radius 3 is 2.42 bits per heavy atom. The van der Waals surface area contributed by atoms with E-state index in [4.69, 9.17) is 0 Å². The van der Waals surface area contributed by atoms with Crippen LogP contribution in [-0.2, 0) is 17.8 Å². The number of amides is 1. The van der Waals surface area contributed by atoms with Crippen LogP contribution in [0.15, 0.2) is 48.5 Å². The molecule has 2 rings (SSSR count). The van der Waals surface area contributed by atoms with E-state index < -0.39 is 0 Å². The highest BCUT2D eigenvalue weighted by molar-refractivity contribution is 5.79. The number of hydrogen-bond acceptors (Lipinski definition) is 2. The third-order valence-corrected chi connectivity index (χ3v) is 4.83. The predicted molar refractivity (Wildman–Crippen MR) is 102 cm³/mol. The van der Waals surface area contributed by atoms with E-state index in [1.807, 2.05) is 17.0 Å². The van der Waals surface area contributed by atoms with Gasteiger partial charge in [-0.25, -0.2) is 4.39 Å². The molecule has 140 valence electrons. The highest BCUT2D eigenvalue weighted by Crippen LogP contribution is 2.20. The van der Waals surface area contributed by atoms with Crippen LogP contribution in [0.3, 0.4) is 0 Å². The van der Waals surface area contributed by atoms with Crippen molar-refractivity contribution in [3.63, 3.8) is 0 Å². The molecule has 0 aliphatic rings. The number of aromatic hydroxyl groups is 1. The average Bonchev–Trinajstić information content (AvgIpc) is 2.60. The molecule has 3 nitrogen and oxygen atoms in total. The highest BCUT2D eigenvalue weighted by Gasteiger charge is 2.22. The van der Waals surface area contributed by atoms with Crippen LogP contribution in [0, 0.1) is 11.7 Å². The van der Waals surface area contributed by atoms with Crippen molar-refractivity contribution in [2.24, 2.45) is 5.92 Å². The minimum atomic E-state index is -0.326. The Kier molecular flexibility index (Phi) is 7.19. The van der Waals surface area contributed by atoms with Crippen LogP contribution >= 0.6 is 0 Å². The quantitative estimate of drug-likeness (QED) is 0.728. The lowest BCUT2D eigenvalue weighted by molar-refractivity contribution is -0.133. The molecule has 0 radical (unpaired) electrons. The van der Waals surface area contributed by atoms with Crippen LogP contribution in [0.25, 0.3) is 0 Å². The minimum Gasteiger partial charge on any atom is -0.508 e. The average molecular weight is 357 g/mol. The summed E-state index contributed by atoms with van der Waals surface area (Å²) in [5.41, 5.74) is 1.65. The maximum absolute atomic E-state index is 13.4. The zero-order chi connectivity index (χ0) is 19.1. The maximum Gasteiger partial charge on any atom is 0.227 e. The molecule has 0 spiro atoms. The molecule has 1 amide bonds. The van der Waals surface area contributed by atoms with Crippen molar-refractivity contribution >= 4 is 5.91 Å². The SMILES string of the molecule is CCC(C)CC(C)N(Cc1ccc(O)cc1)C(=O)Cc1cccc(F)c1. The maximum atomic E-state index is 13.4. The summed E-state index contributed by atoms with van der Waals surface area (Å²) in [5.74, 6) is 0.390. The number of phenolic OH excluding ortho intramolecular Hbond substituents is 1. The zero-order valence-electron chi connectivity index (χ0n) is 15.8. The molecule has 4 heteroatoms. The largest absolute Gasteiger partial charge is 0.508 e. The molecule has 2 aromatic carbocycles. The fourth-order valence-electron chi connectivity index (χ4n) is 3.09. The van der Waals surface area contributed by atoms with Crippen LogP contribution in [-0.4, -0.2) is 22.0 Å². The summed E-state index contributed by atoms with van der Waals surface area (Å²) in [6.07, 6.45) is 2.17. The highest BCUT2D eigenvalue weighted by atomic mass is 19.1. The number of carbonyl (C=O) groups excluding carboxylic acids is 1. The van der Waals surface area contributed by atoms with E-state index in [1.165, 1.54) is 12.1 Å². The summed E-state index contributed by atoms with van der Waals surface area (Å²) in [7, 11) is 0. The van der Waals surface area contributed by atoms with Crippen LogP contribution in [0.2, 0.25) is 0 Å². The van der Waals surface area contributed by atoms with Gasteiger partial charge in [-0.1, -0.05) is 44.5 Å². The lowest BCUT2D eigenvalue weighted by Gasteiger charge is -2.31. The number of rotatable bonds is 8. The molecule has 1 N–H and O–H groups in total. The molecule has 0 bridgehead atoms. The van der Waals surface area contributed by atoms with E-state index in [-0.39, 0.29) is 29.9 Å². The van der Waals surface area contributed by atoms with Gasteiger partial charge >= 0.3 is 0 Å². The predicted octanol–water partition coefficient (Wildman–Crippen LogP) is 4.93. The van der Waals surface area contributed by atoms with Gasteiger partial charge in [0.2, 0.25) is 5.91 Å². The molecule has 0 heterocycles. The fraction of sp³-hybridized carbons (Fsp3) is 0.409. The Labute approximate surface area is 155 Å². The van der Waals surface area contributed by atoms with Gasteiger partial charge < -0.3 is 10.0 Å². The van der Waals surface area contributed by atoms with Crippen molar-refractivity contribution < 1.29 is 14.3 Å². The topological polar surface area (TPSA) is 40.5 Å². The van der Waals surface area contributed by atoms with Crippen LogP contribution in [0.4, 0.5) is 4.39 Å². The van der Waals surface area contributed by atoms with Gasteiger partial charge in [-0.15, -0.1) is 0 Å². The summed E-state index contributed by atoms with van der Waals surface area (Å²) in [4.78, 5) is 14.8. The van der Waals surface area contributed by atoms with E-state index in [2.05, 4.69) is 20.8 Å². The van der Waals surface area contributed by atoms with Gasteiger partial charge in [-0.2, -0.15) is 0 Å². The Morgan fingerprint density at radius 2 is 1.81 bits per heavy atom. The summed E-state index contributed by atoms with van der Waals surface area (Å²) < 4.78 is 13.4. The van der Waals surface area contributed by atoms with E-state index in [0.29, 0.717) is 18.0 Å². The molecule has 26 heavy (non-hydrogen) atoms. The summed E-state index contributed by atoms with van der Waals surface area (Å²) >= 11 is 0. The molecule has 2 atom stereocenters. The molecule has 0 saturated carbocycles. The van der Waals surface area contributed by atoms with Crippen molar-refractivity contribution in [2.45, 2.75) is 52.6 Å². The number of hydrogen-bond donors (Lipinski definition) is 1. The smallest absolute Gasteiger partial charge is 0.227 e. The van der Waals surface area contributed by atoms with Crippen LogP contribution in [0.5, 0.6) is 5.75 Å². The number of benzene rings is 2. The molecule has 0 aromatic heterocycles. The molecule has 0 aliphatic carbocycles. The summed E-state index contributed by atoms with van der Waals surface area (Å²) in [5, 5.41) is 9.46. The second kappa shape index (κ2) is 9.37. The Morgan fingerprint density at radius 1 is 1.12 bits per heavy atom. The lowest BCUT2D eigenvalue weighted by Crippen LogP contribution is -2.40. The van der Waals surface area contributed by atoms with Gasteiger partial charge in [-0.3, -0.25) is 4.79 Å². The zero-order valence-corrected chi connectivity index (χ0v) is 15.8. The number of halogens is 1. The number of phenols is 1. The molecule has 0 fully saturated rings. The van der Waals surface area contributed by atoms with Gasteiger partial charge in [0.1, 0.15) is 11.6 Å². The van der Waals surface area contributed by atoms with Crippen molar-refractivity contribution in [2.75, 3.05) is 0 Å². The Hall–Kier alpha value is -2.36. The van der Waals surface area contributed by atoms with Gasteiger partial charge in [0.05, 0.1) is 6.42 Å². The minimum absolute atomic E-state index is 0.0144. The molecule has 2 aromatic rings. The molecule has 0 saturated heterocycles. The third-order valence-electron chi connectivity index (χ3n) is 4.83. The standard InChI is InChI=1S/C22H28FNO2/c1-4-16(2)12-17(3)24(15-18-8-10-21(25)11-9-18)22(26)14-19-6-5-7-20(23)13-19/h5-11,13,16-17,25H,4,12,14-15H2,1-3H3. The first-order valence-electron chi connectivity index (χ1n) is 9.20. The van der Waals surface area contributed by atoms with E-state index in [1.54, 1.807) is 24.3 Å². The monoisotopic (exact) mass is 357 g/mol. The van der Waals surface area contributed by atoms with E-state index >= 15 is 0 Å². The van der Waals surface area contributed by atoms with Gasteiger partial charge in [0.15, 0.2) is 0 Å².